The summed E-state index contributed by atoms with van der Waals surface area (Å²) in [7, 11) is 1.77. The van der Waals surface area contributed by atoms with Gasteiger partial charge in [-0.3, -0.25) is 4.79 Å². The zero-order chi connectivity index (χ0) is 24.1. The number of carbonyl (C=O) groups excluding carboxylic acids is 1. The first kappa shape index (κ1) is 24.6. The average molecular weight is 487 g/mol. The molecule has 3 aromatic carbocycles. The van der Waals surface area contributed by atoms with Crippen molar-refractivity contribution < 1.29 is 13.9 Å². The molecule has 0 aliphatic heterocycles. The number of rotatable bonds is 9. The Hall–Kier alpha value is -3.02. The second kappa shape index (κ2) is 10.7. The fourth-order valence-electron chi connectivity index (χ4n) is 3.39. The highest BCUT2D eigenvalue weighted by atomic mass is 35.5. The van der Waals surface area contributed by atoms with Gasteiger partial charge in [0, 0.05) is 28.9 Å². The number of primary amides is 1. The van der Waals surface area contributed by atoms with E-state index in [2.05, 4.69) is 13.5 Å². The molecule has 33 heavy (non-hydrogen) atoms. The maximum atomic E-state index is 14.5. The van der Waals surface area contributed by atoms with E-state index in [9.17, 15) is 9.18 Å². The first-order valence-electron chi connectivity index (χ1n) is 10.5. The van der Waals surface area contributed by atoms with Crippen LogP contribution in [0.15, 0.2) is 61.2 Å². The normalized spacial score (nSPS) is 10.7. The number of nitrogens with two attached hydrogens (primary N) is 1. The number of hydrogen-bond acceptors (Lipinski definition) is 3. The number of anilines is 1. The number of benzene rings is 3. The molecular weight excluding hydrogens is 462 g/mol. The van der Waals surface area contributed by atoms with Crippen molar-refractivity contribution in [1.29, 1.82) is 0 Å². The Labute approximate surface area is 203 Å². The van der Waals surface area contributed by atoms with Gasteiger partial charge in [-0.15, -0.1) is 0 Å². The Morgan fingerprint density at radius 3 is 2.55 bits per heavy atom. The quantitative estimate of drug-likeness (QED) is 0.325. The van der Waals surface area contributed by atoms with Crippen molar-refractivity contribution in [1.82, 2.24) is 0 Å². The van der Waals surface area contributed by atoms with Crippen LogP contribution >= 0.6 is 23.2 Å². The van der Waals surface area contributed by atoms with Gasteiger partial charge >= 0.3 is 0 Å². The maximum absolute atomic E-state index is 14.5. The summed E-state index contributed by atoms with van der Waals surface area (Å²) in [6, 6.07) is 14.9. The number of halogens is 3. The molecule has 172 valence electrons. The molecule has 0 atom stereocenters. The number of unbranched alkanes of at least 4 members (excludes halogenated alkanes) is 1. The Morgan fingerprint density at radius 1 is 1.12 bits per heavy atom. The molecule has 0 fully saturated rings. The summed E-state index contributed by atoms with van der Waals surface area (Å²) in [6.07, 6.45) is 1.83. The van der Waals surface area contributed by atoms with E-state index in [0.29, 0.717) is 39.9 Å². The van der Waals surface area contributed by atoms with Crippen molar-refractivity contribution in [2.24, 2.45) is 5.73 Å². The van der Waals surface area contributed by atoms with Crippen molar-refractivity contribution in [3.63, 3.8) is 0 Å². The molecule has 0 unspecified atom stereocenters. The van der Waals surface area contributed by atoms with E-state index in [4.69, 9.17) is 33.7 Å². The third-order valence-electron chi connectivity index (χ3n) is 5.29. The van der Waals surface area contributed by atoms with E-state index < -0.39 is 11.7 Å². The Balaban J connectivity index is 2.06. The molecule has 4 nitrogen and oxygen atoms in total. The van der Waals surface area contributed by atoms with Crippen LogP contribution in [0.4, 0.5) is 10.1 Å². The van der Waals surface area contributed by atoms with Gasteiger partial charge in [0.1, 0.15) is 11.6 Å². The summed E-state index contributed by atoms with van der Waals surface area (Å²) in [5.41, 5.74) is 8.49. The van der Waals surface area contributed by atoms with Crippen LogP contribution < -0.4 is 15.4 Å². The van der Waals surface area contributed by atoms with E-state index in [-0.39, 0.29) is 10.6 Å². The Morgan fingerprint density at radius 2 is 1.88 bits per heavy atom. The fraction of sp³-hybridized carbons (Fsp3) is 0.192. The molecule has 7 heteroatoms. The van der Waals surface area contributed by atoms with Crippen LogP contribution in [0.25, 0.3) is 16.8 Å². The topological polar surface area (TPSA) is 55.6 Å². The maximum Gasteiger partial charge on any atom is 0.248 e. The number of carbonyl (C=O) groups is 1. The van der Waals surface area contributed by atoms with Crippen LogP contribution in [0.1, 0.15) is 35.7 Å². The van der Waals surface area contributed by atoms with Gasteiger partial charge < -0.3 is 15.4 Å². The molecule has 0 spiro atoms. The number of amides is 1. The molecule has 0 aliphatic rings. The number of hydrogen-bond donors (Lipinski definition) is 1. The van der Waals surface area contributed by atoms with Crippen molar-refractivity contribution >= 4 is 40.5 Å². The summed E-state index contributed by atoms with van der Waals surface area (Å²) in [5, 5.41) is 0.745. The summed E-state index contributed by atoms with van der Waals surface area (Å²) in [5.74, 6) is -0.432. The molecule has 0 radical (unpaired) electrons. The zero-order valence-corrected chi connectivity index (χ0v) is 20.0. The van der Waals surface area contributed by atoms with E-state index in [1.807, 2.05) is 18.2 Å². The number of ether oxygens (including phenoxy) is 1. The van der Waals surface area contributed by atoms with Crippen LogP contribution in [0.5, 0.6) is 5.75 Å². The van der Waals surface area contributed by atoms with Gasteiger partial charge in [-0.25, -0.2) is 4.39 Å². The van der Waals surface area contributed by atoms with Gasteiger partial charge in [-0.05, 0) is 54.4 Å². The molecule has 0 aromatic heterocycles. The van der Waals surface area contributed by atoms with E-state index in [1.165, 1.54) is 6.07 Å². The molecule has 0 heterocycles. The Bertz CT molecular complexity index is 1180. The van der Waals surface area contributed by atoms with Crippen LogP contribution in [0.3, 0.4) is 0 Å². The molecule has 3 aromatic rings. The molecule has 2 N–H and O–H groups in total. The zero-order valence-electron chi connectivity index (χ0n) is 18.5. The van der Waals surface area contributed by atoms with Crippen LogP contribution in [-0.4, -0.2) is 19.6 Å². The van der Waals surface area contributed by atoms with E-state index in [0.717, 1.165) is 18.4 Å². The standard InChI is InChI=1S/C26H25Cl2FN2O2/c1-4-5-13-33-24-15-17(19-14-18(26(30)32)9-11-20(19)27)10-12-23(24)31(3)16(2)25-21(28)7-6-8-22(25)29/h6-12,14-15H,2,4-5,13H2,1,3H3,(H2,30,32). The smallest absolute Gasteiger partial charge is 0.248 e. The molecule has 1 amide bonds. The molecule has 0 bridgehead atoms. The highest BCUT2D eigenvalue weighted by Crippen LogP contribution is 2.39. The lowest BCUT2D eigenvalue weighted by molar-refractivity contribution is 0.100. The molecule has 0 saturated carbocycles. The second-order valence-electron chi connectivity index (χ2n) is 7.55. The van der Waals surface area contributed by atoms with Crippen LogP contribution in [-0.2, 0) is 0 Å². The summed E-state index contributed by atoms with van der Waals surface area (Å²) in [6.45, 7) is 6.64. The fourth-order valence-corrected chi connectivity index (χ4v) is 3.89. The van der Waals surface area contributed by atoms with Gasteiger partial charge in [0.05, 0.1) is 22.9 Å². The Kier molecular flexibility index (Phi) is 8.01. The van der Waals surface area contributed by atoms with Gasteiger partial charge in [0.15, 0.2) is 0 Å². The molecule has 3 rings (SSSR count). The van der Waals surface area contributed by atoms with Crippen molar-refractivity contribution in [2.45, 2.75) is 19.8 Å². The second-order valence-corrected chi connectivity index (χ2v) is 8.36. The summed E-state index contributed by atoms with van der Waals surface area (Å²) >= 11 is 12.7. The molecular formula is C26H25Cl2FN2O2. The number of nitrogens with zero attached hydrogens (tertiary/aromatic N) is 1. The van der Waals surface area contributed by atoms with Gasteiger partial charge in [-0.1, -0.05) is 55.3 Å². The largest absolute Gasteiger partial charge is 0.491 e. The molecule has 0 saturated heterocycles. The third kappa shape index (κ3) is 5.49. The average Bonchev–Trinajstić information content (AvgIpc) is 2.78. The van der Waals surface area contributed by atoms with Crippen LogP contribution in [0.2, 0.25) is 10.0 Å². The lowest BCUT2D eigenvalue weighted by atomic mass is 10.0. The highest BCUT2D eigenvalue weighted by Gasteiger charge is 2.19. The summed E-state index contributed by atoms with van der Waals surface area (Å²) < 4.78 is 20.6. The SMILES string of the molecule is C=C(c1c(F)cccc1Cl)N(C)c1ccc(-c2cc(C(N)=O)ccc2Cl)cc1OCCCC. The monoisotopic (exact) mass is 486 g/mol. The first-order valence-corrected chi connectivity index (χ1v) is 11.2. The summed E-state index contributed by atoms with van der Waals surface area (Å²) in [4.78, 5) is 13.4. The highest BCUT2D eigenvalue weighted by molar-refractivity contribution is 6.33. The van der Waals surface area contributed by atoms with Crippen molar-refractivity contribution in [2.75, 3.05) is 18.6 Å². The van der Waals surface area contributed by atoms with Crippen molar-refractivity contribution in [3.05, 3.63) is 88.2 Å². The van der Waals surface area contributed by atoms with E-state index >= 15 is 0 Å². The minimum atomic E-state index is -0.540. The third-order valence-corrected chi connectivity index (χ3v) is 5.94. The van der Waals surface area contributed by atoms with Gasteiger partial charge in [-0.2, -0.15) is 0 Å². The lowest BCUT2D eigenvalue weighted by Crippen LogP contribution is -2.17. The predicted octanol–water partition coefficient (Wildman–Crippen LogP) is 7.18. The van der Waals surface area contributed by atoms with E-state index in [1.54, 1.807) is 42.3 Å². The minimum absolute atomic E-state index is 0.224. The van der Waals surface area contributed by atoms with Gasteiger partial charge in [0.2, 0.25) is 5.91 Å². The van der Waals surface area contributed by atoms with Crippen molar-refractivity contribution in [3.8, 4) is 16.9 Å². The molecule has 0 aliphatic carbocycles. The first-order chi connectivity index (χ1) is 15.7. The minimum Gasteiger partial charge on any atom is -0.491 e. The van der Waals surface area contributed by atoms with Gasteiger partial charge in [0.25, 0.3) is 0 Å². The van der Waals surface area contributed by atoms with Crippen LogP contribution in [0, 0.1) is 5.82 Å². The lowest BCUT2D eigenvalue weighted by Gasteiger charge is -2.26. The predicted molar refractivity (Wildman–Crippen MR) is 135 cm³/mol.